The summed E-state index contributed by atoms with van der Waals surface area (Å²) >= 11 is 0. The van der Waals surface area contributed by atoms with Gasteiger partial charge in [-0.25, -0.2) is 0 Å². The number of ether oxygens (including phenoxy) is 5. The molecule has 1 aromatic carbocycles. The molecule has 2 rings (SSSR count). The van der Waals surface area contributed by atoms with Crippen LogP contribution in [0, 0.1) is 5.92 Å². The van der Waals surface area contributed by atoms with Gasteiger partial charge in [0.15, 0.2) is 5.96 Å². The number of hydrogen-bond donors (Lipinski definition) is 2. The van der Waals surface area contributed by atoms with Crippen molar-refractivity contribution in [2.24, 2.45) is 10.9 Å². The van der Waals surface area contributed by atoms with E-state index in [-0.39, 0.29) is 0 Å². The fourth-order valence-corrected chi connectivity index (χ4v) is 3.00. The lowest BCUT2D eigenvalue weighted by atomic mass is 10.1. The fourth-order valence-electron chi connectivity index (χ4n) is 3.00. The summed E-state index contributed by atoms with van der Waals surface area (Å²) in [6.07, 6.45) is 2.87. The van der Waals surface area contributed by atoms with Crippen LogP contribution in [0.15, 0.2) is 23.2 Å². The molecule has 30 heavy (non-hydrogen) atoms. The van der Waals surface area contributed by atoms with Crippen LogP contribution in [0.2, 0.25) is 0 Å². The van der Waals surface area contributed by atoms with Gasteiger partial charge in [0.2, 0.25) is 0 Å². The topological polar surface area (TPSA) is 82.6 Å². The molecule has 0 radical (unpaired) electrons. The quantitative estimate of drug-likeness (QED) is 0.270. The molecule has 8 heteroatoms. The maximum atomic E-state index is 5.80. The highest BCUT2D eigenvalue weighted by Crippen LogP contribution is 2.27. The van der Waals surface area contributed by atoms with E-state index in [1.54, 1.807) is 14.2 Å². The maximum Gasteiger partial charge on any atom is 0.191 e. The molecular weight excluding hydrogens is 386 g/mol. The fraction of sp³-hybridized carbons (Fsp3) is 0.682. The van der Waals surface area contributed by atoms with E-state index in [2.05, 4.69) is 22.5 Å². The Hall–Kier alpha value is -2.19. The average molecular weight is 424 g/mol. The number of guanidine groups is 1. The zero-order valence-electron chi connectivity index (χ0n) is 18.6. The first kappa shape index (κ1) is 24.1. The Labute approximate surface area is 180 Å². The monoisotopic (exact) mass is 423 g/mol. The van der Waals surface area contributed by atoms with Gasteiger partial charge in [-0.1, -0.05) is 0 Å². The van der Waals surface area contributed by atoms with E-state index in [1.807, 2.05) is 18.2 Å². The first-order valence-corrected chi connectivity index (χ1v) is 10.8. The van der Waals surface area contributed by atoms with Crippen LogP contribution in [0.25, 0.3) is 0 Å². The Morgan fingerprint density at radius 2 is 1.83 bits per heavy atom. The molecule has 1 saturated heterocycles. The Bertz CT molecular complexity index is 599. The van der Waals surface area contributed by atoms with Gasteiger partial charge in [0.05, 0.1) is 34.0 Å². The molecule has 0 bridgehead atoms. The SMILES string of the molecule is CCNC(=NCCCOc1cc(OC)cc(OC)c1)NCCCOCC1CCOC1. The minimum Gasteiger partial charge on any atom is -0.496 e. The summed E-state index contributed by atoms with van der Waals surface area (Å²) in [6.45, 7) is 8.21. The van der Waals surface area contributed by atoms with Crippen molar-refractivity contribution < 1.29 is 23.7 Å². The van der Waals surface area contributed by atoms with Crippen molar-refractivity contribution in [2.75, 3.05) is 66.9 Å². The van der Waals surface area contributed by atoms with E-state index in [9.17, 15) is 0 Å². The zero-order valence-corrected chi connectivity index (χ0v) is 18.6. The second-order valence-electron chi connectivity index (χ2n) is 7.10. The van der Waals surface area contributed by atoms with E-state index in [1.165, 1.54) is 0 Å². The van der Waals surface area contributed by atoms with E-state index in [0.717, 1.165) is 70.5 Å². The Kier molecular flexibility index (Phi) is 11.8. The summed E-state index contributed by atoms with van der Waals surface area (Å²) in [5.74, 6) is 3.54. The van der Waals surface area contributed by atoms with Gasteiger partial charge in [-0.15, -0.1) is 0 Å². The van der Waals surface area contributed by atoms with Crippen molar-refractivity contribution in [2.45, 2.75) is 26.2 Å². The van der Waals surface area contributed by atoms with Crippen LogP contribution in [-0.2, 0) is 9.47 Å². The lowest BCUT2D eigenvalue weighted by Gasteiger charge is -2.12. The second-order valence-corrected chi connectivity index (χ2v) is 7.10. The second kappa shape index (κ2) is 14.7. The van der Waals surface area contributed by atoms with Crippen molar-refractivity contribution >= 4 is 5.96 Å². The van der Waals surface area contributed by atoms with Gasteiger partial charge in [0, 0.05) is 63.4 Å². The lowest BCUT2D eigenvalue weighted by molar-refractivity contribution is 0.0888. The number of hydrogen-bond acceptors (Lipinski definition) is 6. The highest BCUT2D eigenvalue weighted by atomic mass is 16.5. The van der Waals surface area contributed by atoms with Gasteiger partial charge in [-0.2, -0.15) is 0 Å². The van der Waals surface area contributed by atoms with Gasteiger partial charge in [-0.3, -0.25) is 4.99 Å². The molecule has 0 saturated carbocycles. The zero-order chi connectivity index (χ0) is 21.4. The maximum absolute atomic E-state index is 5.80. The standard InChI is InChI=1S/C22H37N3O5/c1-4-23-22(24-8-5-10-28-16-18-7-12-29-17-18)25-9-6-11-30-21-14-19(26-2)13-20(15-21)27-3/h13-15,18H,4-12,16-17H2,1-3H3,(H2,23,24,25). The molecule has 8 nitrogen and oxygen atoms in total. The van der Waals surface area contributed by atoms with E-state index in [4.69, 9.17) is 23.7 Å². The van der Waals surface area contributed by atoms with Crippen molar-refractivity contribution in [3.63, 3.8) is 0 Å². The van der Waals surface area contributed by atoms with E-state index >= 15 is 0 Å². The number of aliphatic imine (C=N–C) groups is 1. The van der Waals surface area contributed by atoms with Crippen LogP contribution >= 0.6 is 0 Å². The van der Waals surface area contributed by atoms with E-state index < -0.39 is 0 Å². The van der Waals surface area contributed by atoms with E-state index in [0.29, 0.717) is 30.6 Å². The number of methoxy groups -OCH3 is 2. The molecule has 1 aliphatic heterocycles. The van der Waals surface area contributed by atoms with Crippen LogP contribution in [-0.4, -0.2) is 72.8 Å². The molecule has 1 aliphatic rings. The molecule has 0 aliphatic carbocycles. The Morgan fingerprint density at radius 1 is 1.07 bits per heavy atom. The highest BCUT2D eigenvalue weighted by Gasteiger charge is 2.15. The average Bonchev–Trinajstić information content (AvgIpc) is 3.29. The minimum atomic E-state index is 0.567. The summed E-state index contributed by atoms with van der Waals surface area (Å²) < 4.78 is 27.4. The number of nitrogens with one attached hydrogen (secondary N) is 2. The van der Waals surface area contributed by atoms with Crippen LogP contribution in [0.3, 0.4) is 0 Å². The van der Waals surface area contributed by atoms with Crippen LogP contribution in [0.1, 0.15) is 26.2 Å². The largest absolute Gasteiger partial charge is 0.496 e. The molecule has 1 unspecified atom stereocenters. The van der Waals surface area contributed by atoms with Gasteiger partial charge < -0.3 is 34.3 Å². The molecule has 2 N–H and O–H groups in total. The van der Waals surface area contributed by atoms with Crippen molar-refractivity contribution in [3.05, 3.63) is 18.2 Å². The summed E-state index contributed by atoms with van der Waals surface area (Å²) in [6, 6.07) is 5.51. The molecular formula is C22H37N3O5. The smallest absolute Gasteiger partial charge is 0.191 e. The molecule has 1 atom stereocenters. The summed E-state index contributed by atoms with van der Waals surface area (Å²) in [7, 11) is 3.25. The number of nitrogens with zero attached hydrogens (tertiary/aromatic N) is 1. The summed E-state index contributed by atoms with van der Waals surface area (Å²) in [5.41, 5.74) is 0. The third-order valence-electron chi connectivity index (χ3n) is 4.65. The Balaban J connectivity index is 1.60. The molecule has 170 valence electrons. The predicted octanol–water partition coefficient (Wildman–Crippen LogP) is 2.47. The first-order valence-electron chi connectivity index (χ1n) is 10.8. The van der Waals surface area contributed by atoms with Crippen molar-refractivity contribution in [1.29, 1.82) is 0 Å². The van der Waals surface area contributed by atoms with Crippen molar-refractivity contribution in [3.8, 4) is 17.2 Å². The Morgan fingerprint density at radius 3 is 2.50 bits per heavy atom. The van der Waals surface area contributed by atoms with Gasteiger partial charge in [-0.05, 0) is 19.8 Å². The number of benzene rings is 1. The van der Waals surface area contributed by atoms with Gasteiger partial charge in [0.25, 0.3) is 0 Å². The molecule has 0 amide bonds. The van der Waals surface area contributed by atoms with Crippen LogP contribution < -0.4 is 24.8 Å². The molecule has 0 aromatic heterocycles. The van der Waals surface area contributed by atoms with Crippen LogP contribution in [0.5, 0.6) is 17.2 Å². The predicted molar refractivity (Wildman–Crippen MR) is 118 cm³/mol. The third-order valence-corrected chi connectivity index (χ3v) is 4.65. The summed E-state index contributed by atoms with van der Waals surface area (Å²) in [4.78, 5) is 4.60. The molecule has 1 heterocycles. The van der Waals surface area contributed by atoms with Crippen LogP contribution in [0.4, 0.5) is 0 Å². The van der Waals surface area contributed by atoms with Gasteiger partial charge in [0.1, 0.15) is 17.2 Å². The number of rotatable bonds is 14. The minimum absolute atomic E-state index is 0.567. The van der Waals surface area contributed by atoms with Gasteiger partial charge >= 0.3 is 0 Å². The normalized spacial score (nSPS) is 16.4. The summed E-state index contributed by atoms with van der Waals surface area (Å²) in [5, 5.41) is 6.61. The first-order chi connectivity index (χ1) is 14.7. The molecule has 1 aromatic rings. The van der Waals surface area contributed by atoms with Crippen molar-refractivity contribution in [1.82, 2.24) is 10.6 Å². The lowest BCUT2D eigenvalue weighted by Crippen LogP contribution is -2.38. The highest BCUT2D eigenvalue weighted by molar-refractivity contribution is 5.79. The molecule has 0 spiro atoms. The third kappa shape index (κ3) is 9.54. The molecule has 1 fully saturated rings.